The van der Waals surface area contributed by atoms with Crippen molar-refractivity contribution in [2.45, 2.75) is 50.5 Å². The van der Waals surface area contributed by atoms with Crippen LogP contribution in [0.2, 0.25) is 0 Å². The Kier molecular flexibility index (Phi) is 6.53. The molecule has 2 aliphatic rings. The van der Waals surface area contributed by atoms with E-state index in [-0.39, 0.29) is 35.7 Å². The topological polar surface area (TPSA) is 126 Å². The van der Waals surface area contributed by atoms with Crippen LogP contribution in [0.5, 0.6) is 0 Å². The molecule has 2 aromatic rings. The van der Waals surface area contributed by atoms with Gasteiger partial charge in [0, 0.05) is 44.6 Å². The molecule has 1 saturated heterocycles. The molecule has 2 fully saturated rings. The molecule has 0 bridgehead atoms. The first-order valence-electron chi connectivity index (χ1n) is 11.2. The smallest absolute Gasteiger partial charge is 0.251 e. The van der Waals surface area contributed by atoms with Gasteiger partial charge >= 0.3 is 0 Å². The van der Waals surface area contributed by atoms with Crippen LogP contribution in [-0.4, -0.2) is 65.8 Å². The quantitative estimate of drug-likeness (QED) is 0.648. The molecule has 33 heavy (non-hydrogen) atoms. The van der Waals surface area contributed by atoms with Crippen molar-refractivity contribution in [3.05, 3.63) is 41.5 Å². The van der Waals surface area contributed by atoms with Gasteiger partial charge in [0.05, 0.1) is 4.90 Å². The average Bonchev–Trinajstić information content (AvgIpc) is 3.54. The van der Waals surface area contributed by atoms with Crippen LogP contribution in [0.1, 0.15) is 67.6 Å². The molecule has 10 nitrogen and oxygen atoms in total. The van der Waals surface area contributed by atoms with Gasteiger partial charge in [-0.15, -0.1) is 0 Å². The van der Waals surface area contributed by atoms with Gasteiger partial charge in [0.2, 0.25) is 21.8 Å². The molecule has 1 aliphatic heterocycles. The molecule has 4 rings (SSSR count). The van der Waals surface area contributed by atoms with Crippen LogP contribution in [0.4, 0.5) is 0 Å². The van der Waals surface area contributed by atoms with Crippen molar-refractivity contribution in [2.24, 2.45) is 5.92 Å². The maximum atomic E-state index is 13.0. The molecule has 1 aliphatic carbocycles. The first-order valence-corrected chi connectivity index (χ1v) is 12.6. The number of nitrogens with zero attached hydrogens (tertiary/aromatic N) is 4. The third-order valence-corrected chi connectivity index (χ3v) is 7.97. The fourth-order valence-electron chi connectivity index (χ4n) is 3.79. The number of carbonyl (C=O) groups excluding carboxylic acids is 2. The van der Waals surface area contributed by atoms with Gasteiger partial charge in [-0.1, -0.05) is 19.0 Å². The first-order chi connectivity index (χ1) is 15.7. The summed E-state index contributed by atoms with van der Waals surface area (Å²) in [6.07, 6.45) is 2.11. The zero-order chi connectivity index (χ0) is 23.8. The van der Waals surface area contributed by atoms with Crippen LogP contribution in [0.25, 0.3) is 0 Å². The molecule has 1 unspecified atom stereocenters. The lowest BCUT2D eigenvalue weighted by Gasteiger charge is -2.33. The summed E-state index contributed by atoms with van der Waals surface area (Å²) in [5.74, 6) is 1.03. The third kappa shape index (κ3) is 5.09. The zero-order valence-corrected chi connectivity index (χ0v) is 19.8. The molecule has 178 valence electrons. The Morgan fingerprint density at radius 3 is 2.27 bits per heavy atom. The van der Waals surface area contributed by atoms with E-state index in [1.807, 2.05) is 13.8 Å². The minimum absolute atomic E-state index is 0.0229. The van der Waals surface area contributed by atoms with E-state index < -0.39 is 16.1 Å². The monoisotopic (exact) mass is 475 g/mol. The Labute approximate surface area is 193 Å². The van der Waals surface area contributed by atoms with E-state index in [1.54, 1.807) is 4.90 Å². The number of piperazine rings is 1. The van der Waals surface area contributed by atoms with E-state index in [0.717, 1.165) is 12.8 Å². The molecule has 0 radical (unpaired) electrons. The van der Waals surface area contributed by atoms with Crippen LogP contribution in [0.3, 0.4) is 0 Å². The summed E-state index contributed by atoms with van der Waals surface area (Å²) in [7, 11) is -3.70. The van der Waals surface area contributed by atoms with Crippen molar-refractivity contribution in [1.82, 2.24) is 24.7 Å². The maximum Gasteiger partial charge on any atom is 0.251 e. The van der Waals surface area contributed by atoms with Gasteiger partial charge in [-0.2, -0.15) is 9.29 Å². The minimum Gasteiger partial charge on any atom is -0.340 e. The van der Waals surface area contributed by atoms with Crippen LogP contribution in [-0.2, 0) is 14.8 Å². The molecule has 0 spiro atoms. The third-order valence-electron chi connectivity index (χ3n) is 6.06. The fourth-order valence-corrected chi connectivity index (χ4v) is 5.21. The van der Waals surface area contributed by atoms with Gasteiger partial charge in [0.15, 0.2) is 5.82 Å². The van der Waals surface area contributed by atoms with Crippen molar-refractivity contribution in [2.75, 3.05) is 26.2 Å². The molecule has 1 aromatic heterocycles. The molecular formula is C22H29N5O5S. The van der Waals surface area contributed by atoms with E-state index >= 15 is 0 Å². The number of benzene rings is 1. The Bertz CT molecular complexity index is 1120. The molecule has 2 amide bonds. The molecular weight excluding hydrogens is 446 g/mol. The number of carbonyl (C=O) groups is 2. The number of amides is 2. The fraction of sp³-hybridized carbons (Fsp3) is 0.545. The largest absolute Gasteiger partial charge is 0.340 e. The average molecular weight is 476 g/mol. The highest BCUT2D eigenvalue weighted by molar-refractivity contribution is 7.89. The Balaban J connectivity index is 1.43. The summed E-state index contributed by atoms with van der Waals surface area (Å²) >= 11 is 0. The van der Waals surface area contributed by atoms with Crippen molar-refractivity contribution in [1.29, 1.82) is 0 Å². The van der Waals surface area contributed by atoms with Crippen LogP contribution in [0.15, 0.2) is 33.7 Å². The van der Waals surface area contributed by atoms with Crippen molar-refractivity contribution in [3.8, 4) is 0 Å². The predicted octanol–water partition coefficient (Wildman–Crippen LogP) is 1.93. The summed E-state index contributed by atoms with van der Waals surface area (Å²) in [5.41, 5.74) is 0.336. The molecule has 2 heterocycles. The highest BCUT2D eigenvalue weighted by Crippen LogP contribution is 2.38. The molecule has 1 saturated carbocycles. The zero-order valence-electron chi connectivity index (χ0n) is 19.0. The number of sulfonamides is 1. The number of aromatic nitrogens is 2. The van der Waals surface area contributed by atoms with Crippen molar-refractivity contribution >= 4 is 21.8 Å². The van der Waals surface area contributed by atoms with Gasteiger partial charge in [0.1, 0.15) is 6.04 Å². The Morgan fingerprint density at radius 1 is 1.09 bits per heavy atom. The number of rotatable bonds is 7. The lowest BCUT2D eigenvalue weighted by atomic mass is 10.0. The van der Waals surface area contributed by atoms with E-state index in [1.165, 1.54) is 35.5 Å². The molecule has 11 heteroatoms. The molecule has 1 atom stereocenters. The minimum atomic E-state index is -3.70. The van der Waals surface area contributed by atoms with Crippen molar-refractivity contribution in [3.63, 3.8) is 0 Å². The van der Waals surface area contributed by atoms with Crippen LogP contribution >= 0.6 is 0 Å². The normalized spacial score (nSPS) is 18.4. The van der Waals surface area contributed by atoms with E-state index in [4.69, 9.17) is 4.52 Å². The second-order valence-electron chi connectivity index (χ2n) is 8.89. The maximum absolute atomic E-state index is 13.0. The van der Waals surface area contributed by atoms with Crippen LogP contribution < -0.4 is 5.32 Å². The first kappa shape index (κ1) is 23.4. The van der Waals surface area contributed by atoms with Gasteiger partial charge < -0.3 is 14.7 Å². The number of hydrogen-bond donors (Lipinski definition) is 1. The van der Waals surface area contributed by atoms with Gasteiger partial charge in [-0.3, -0.25) is 9.59 Å². The molecule has 1 N–H and O–H groups in total. The molecule has 1 aromatic carbocycles. The van der Waals surface area contributed by atoms with Gasteiger partial charge in [-0.25, -0.2) is 8.42 Å². The Morgan fingerprint density at radius 2 is 1.73 bits per heavy atom. The number of hydrogen-bond acceptors (Lipinski definition) is 7. The summed E-state index contributed by atoms with van der Waals surface area (Å²) in [6.45, 7) is 6.59. The summed E-state index contributed by atoms with van der Waals surface area (Å²) in [5, 5.41) is 6.95. The SMILES string of the molecule is CC(=O)N1CCN(S(=O)(=O)c2ccc(C(=O)NC(c3nc(C4CC4)no3)C(C)C)cc2)CC1. The standard InChI is InChI=1S/C22H29N5O5S/c1-14(2)19(22-24-20(25-32-22)16-4-5-16)23-21(29)17-6-8-18(9-7-17)33(30,31)27-12-10-26(11-13-27)15(3)28/h6-9,14,16,19H,4-5,10-13H2,1-3H3,(H,23,29). The highest BCUT2D eigenvalue weighted by Gasteiger charge is 2.32. The van der Waals surface area contributed by atoms with E-state index in [2.05, 4.69) is 15.5 Å². The van der Waals surface area contributed by atoms with Crippen molar-refractivity contribution < 1.29 is 22.5 Å². The summed E-state index contributed by atoms with van der Waals surface area (Å²) in [4.78, 5) is 30.5. The van der Waals surface area contributed by atoms with Crippen LogP contribution in [0, 0.1) is 5.92 Å². The van der Waals surface area contributed by atoms with Gasteiger partial charge in [-0.05, 0) is 43.0 Å². The van der Waals surface area contributed by atoms with E-state index in [9.17, 15) is 18.0 Å². The van der Waals surface area contributed by atoms with E-state index in [0.29, 0.717) is 36.3 Å². The highest BCUT2D eigenvalue weighted by atomic mass is 32.2. The predicted molar refractivity (Wildman–Crippen MR) is 119 cm³/mol. The second kappa shape index (κ2) is 9.22. The number of nitrogens with one attached hydrogen (secondary N) is 1. The van der Waals surface area contributed by atoms with Gasteiger partial charge in [0.25, 0.3) is 5.91 Å². The Hall–Kier alpha value is -2.79. The lowest BCUT2D eigenvalue weighted by Crippen LogP contribution is -2.49. The summed E-state index contributed by atoms with van der Waals surface area (Å²) < 4.78 is 32.7. The second-order valence-corrected chi connectivity index (χ2v) is 10.8. The lowest BCUT2D eigenvalue weighted by molar-refractivity contribution is -0.129. The summed E-state index contributed by atoms with van der Waals surface area (Å²) in [6, 6.07) is 5.41.